The number of nitrogens with zero attached hydrogens (tertiary/aromatic N) is 1. The lowest BCUT2D eigenvalue weighted by Crippen LogP contribution is -1.97. The molecule has 4 heteroatoms. The maximum atomic E-state index is 11.9. The van der Waals surface area contributed by atoms with Crippen molar-refractivity contribution in [2.75, 3.05) is 14.2 Å². The average molecular weight is 267 g/mol. The van der Waals surface area contributed by atoms with Crippen LogP contribution in [0.3, 0.4) is 0 Å². The number of Topliss-reactive ketones (excluding diaryl/α,β-unsaturated/α-hetero) is 1. The minimum absolute atomic E-state index is 0.247. The van der Waals surface area contributed by atoms with E-state index in [0.717, 1.165) is 0 Å². The van der Waals surface area contributed by atoms with E-state index in [-0.39, 0.29) is 5.78 Å². The van der Waals surface area contributed by atoms with Crippen molar-refractivity contribution in [2.45, 2.75) is 0 Å². The van der Waals surface area contributed by atoms with Crippen LogP contribution in [-0.4, -0.2) is 25.0 Å². The Balaban J connectivity index is 2.32. The molecule has 0 saturated heterocycles. The zero-order chi connectivity index (χ0) is 14.4. The third-order valence-electron chi connectivity index (χ3n) is 2.62. The van der Waals surface area contributed by atoms with Gasteiger partial charge in [0.05, 0.1) is 19.8 Å². The number of rotatable bonds is 3. The fourth-order valence-electron chi connectivity index (χ4n) is 1.66. The van der Waals surface area contributed by atoms with Crippen molar-refractivity contribution >= 4 is 5.78 Å². The summed E-state index contributed by atoms with van der Waals surface area (Å²) in [7, 11) is 3.00. The van der Waals surface area contributed by atoms with Gasteiger partial charge in [-0.2, -0.15) is 0 Å². The van der Waals surface area contributed by atoms with Crippen LogP contribution < -0.4 is 9.47 Å². The number of hydrogen-bond acceptors (Lipinski definition) is 4. The SMILES string of the molecule is COc1nccc(C#CC(=O)c2ccccc2)c1OC. The number of pyridine rings is 1. The number of ether oxygens (including phenoxy) is 2. The summed E-state index contributed by atoms with van der Waals surface area (Å²) in [5, 5.41) is 0. The standard InChI is InChI=1S/C16H13NO3/c1-19-15-13(10-11-17-16(15)20-2)8-9-14(18)12-6-4-3-5-7-12/h3-7,10-11H,1-2H3. The van der Waals surface area contributed by atoms with Gasteiger partial charge in [0.25, 0.3) is 5.88 Å². The molecule has 0 radical (unpaired) electrons. The number of benzene rings is 1. The second-order valence-electron chi connectivity index (χ2n) is 3.85. The van der Waals surface area contributed by atoms with E-state index in [4.69, 9.17) is 9.47 Å². The molecular weight excluding hydrogens is 254 g/mol. The lowest BCUT2D eigenvalue weighted by atomic mass is 10.1. The molecule has 0 bridgehead atoms. The number of carbonyl (C=O) groups excluding carboxylic acids is 1. The summed E-state index contributed by atoms with van der Waals surface area (Å²) in [5.41, 5.74) is 1.11. The van der Waals surface area contributed by atoms with Crippen LogP contribution in [0.25, 0.3) is 0 Å². The Kier molecular flexibility index (Phi) is 4.35. The number of methoxy groups -OCH3 is 2. The summed E-state index contributed by atoms with van der Waals surface area (Å²) in [4.78, 5) is 15.9. The molecule has 0 N–H and O–H groups in total. The molecule has 0 spiro atoms. The molecule has 0 amide bonds. The lowest BCUT2D eigenvalue weighted by molar-refractivity contribution is 0.105. The lowest BCUT2D eigenvalue weighted by Gasteiger charge is -2.06. The molecule has 0 atom stereocenters. The molecule has 100 valence electrons. The van der Waals surface area contributed by atoms with Crippen molar-refractivity contribution in [1.82, 2.24) is 4.98 Å². The first-order valence-electron chi connectivity index (χ1n) is 5.94. The van der Waals surface area contributed by atoms with Gasteiger partial charge >= 0.3 is 0 Å². The minimum atomic E-state index is -0.247. The van der Waals surface area contributed by atoms with E-state index in [1.54, 1.807) is 36.5 Å². The van der Waals surface area contributed by atoms with E-state index in [0.29, 0.717) is 22.8 Å². The van der Waals surface area contributed by atoms with Gasteiger partial charge in [0.1, 0.15) is 0 Å². The van der Waals surface area contributed by atoms with Crippen LogP contribution in [0.1, 0.15) is 15.9 Å². The highest BCUT2D eigenvalue weighted by atomic mass is 16.5. The topological polar surface area (TPSA) is 48.4 Å². The molecule has 1 heterocycles. The highest BCUT2D eigenvalue weighted by molar-refractivity contribution is 6.09. The van der Waals surface area contributed by atoms with Gasteiger partial charge in [-0.1, -0.05) is 36.3 Å². The molecular formula is C16H13NO3. The molecule has 2 rings (SSSR count). The monoisotopic (exact) mass is 267 g/mol. The Bertz CT molecular complexity index is 669. The van der Waals surface area contributed by atoms with Crippen molar-refractivity contribution in [3.05, 3.63) is 53.7 Å². The molecule has 0 aliphatic carbocycles. The summed E-state index contributed by atoms with van der Waals surface area (Å²) in [5.74, 6) is 5.89. The zero-order valence-electron chi connectivity index (χ0n) is 11.2. The Morgan fingerprint density at radius 2 is 1.85 bits per heavy atom. The van der Waals surface area contributed by atoms with E-state index in [1.165, 1.54) is 14.2 Å². The first-order valence-corrected chi connectivity index (χ1v) is 5.94. The number of carbonyl (C=O) groups is 1. The van der Waals surface area contributed by atoms with Crippen LogP contribution in [0.2, 0.25) is 0 Å². The highest BCUT2D eigenvalue weighted by Crippen LogP contribution is 2.27. The summed E-state index contributed by atoms with van der Waals surface area (Å²) >= 11 is 0. The van der Waals surface area contributed by atoms with E-state index in [9.17, 15) is 4.79 Å². The second kappa shape index (κ2) is 6.39. The van der Waals surface area contributed by atoms with Crippen LogP contribution >= 0.6 is 0 Å². The number of hydrogen-bond donors (Lipinski definition) is 0. The van der Waals surface area contributed by atoms with Crippen molar-refractivity contribution in [3.63, 3.8) is 0 Å². The van der Waals surface area contributed by atoms with Gasteiger partial charge in [0.15, 0.2) is 5.75 Å². The average Bonchev–Trinajstić information content (AvgIpc) is 2.52. The maximum Gasteiger partial charge on any atom is 0.258 e. The van der Waals surface area contributed by atoms with Gasteiger partial charge in [-0.25, -0.2) is 4.98 Å². The van der Waals surface area contributed by atoms with E-state index in [2.05, 4.69) is 16.8 Å². The first kappa shape index (κ1) is 13.6. The zero-order valence-corrected chi connectivity index (χ0v) is 11.2. The fourth-order valence-corrected chi connectivity index (χ4v) is 1.66. The predicted molar refractivity (Wildman–Crippen MR) is 75.0 cm³/mol. The molecule has 0 aliphatic heterocycles. The van der Waals surface area contributed by atoms with Crippen molar-refractivity contribution in [3.8, 4) is 23.5 Å². The molecule has 4 nitrogen and oxygen atoms in total. The Hall–Kier alpha value is -2.80. The van der Waals surface area contributed by atoms with Crippen molar-refractivity contribution < 1.29 is 14.3 Å². The van der Waals surface area contributed by atoms with Crippen LogP contribution in [0.15, 0.2) is 42.6 Å². The van der Waals surface area contributed by atoms with E-state index < -0.39 is 0 Å². The number of aromatic nitrogens is 1. The third-order valence-corrected chi connectivity index (χ3v) is 2.62. The smallest absolute Gasteiger partial charge is 0.258 e. The van der Waals surface area contributed by atoms with Crippen LogP contribution in [-0.2, 0) is 0 Å². The van der Waals surface area contributed by atoms with Crippen molar-refractivity contribution in [2.24, 2.45) is 0 Å². The van der Waals surface area contributed by atoms with Crippen molar-refractivity contribution in [1.29, 1.82) is 0 Å². The molecule has 0 aliphatic rings. The van der Waals surface area contributed by atoms with E-state index >= 15 is 0 Å². The molecule has 0 fully saturated rings. The van der Waals surface area contributed by atoms with Gasteiger partial charge in [0.2, 0.25) is 5.78 Å². The summed E-state index contributed by atoms with van der Waals surface area (Å²) in [6.45, 7) is 0. The Morgan fingerprint density at radius 3 is 2.50 bits per heavy atom. The first-order chi connectivity index (χ1) is 9.76. The van der Waals surface area contributed by atoms with Crippen LogP contribution in [0.4, 0.5) is 0 Å². The third kappa shape index (κ3) is 2.96. The summed E-state index contributed by atoms with van der Waals surface area (Å²) in [6.07, 6.45) is 1.55. The van der Waals surface area contributed by atoms with Gasteiger partial charge in [-0.3, -0.25) is 4.79 Å². The number of ketones is 1. The second-order valence-corrected chi connectivity index (χ2v) is 3.85. The Labute approximate surface area is 117 Å². The van der Waals surface area contributed by atoms with Gasteiger partial charge in [0, 0.05) is 11.8 Å². The van der Waals surface area contributed by atoms with Gasteiger partial charge in [-0.05, 0) is 12.0 Å². The molecule has 0 unspecified atom stereocenters. The fraction of sp³-hybridized carbons (Fsp3) is 0.125. The molecule has 1 aromatic heterocycles. The van der Waals surface area contributed by atoms with E-state index in [1.807, 2.05) is 6.07 Å². The molecule has 2 aromatic rings. The molecule has 20 heavy (non-hydrogen) atoms. The van der Waals surface area contributed by atoms with Gasteiger partial charge in [-0.15, -0.1) is 0 Å². The van der Waals surface area contributed by atoms with Gasteiger partial charge < -0.3 is 9.47 Å². The minimum Gasteiger partial charge on any atom is -0.490 e. The largest absolute Gasteiger partial charge is 0.490 e. The molecule has 1 aromatic carbocycles. The highest BCUT2D eigenvalue weighted by Gasteiger charge is 2.09. The molecule has 0 saturated carbocycles. The normalized spacial score (nSPS) is 9.30. The quantitative estimate of drug-likeness (QED) is 0.632. The summed E-state index contributed by atoms with van der Waals surface area (Å²) < 4.78 is 10.3. The Morgan fingerprint density at radius 1 is 1.10 bits per heavy atom. The summed E-state index contributed by atoms with van der Waals surface area (Å²) in [6, 6.07) is 10.6. The maximum absolute atomic E-state index is 11.9. The predicted octanol–water partition coefficient (Wildman–Crippen LogP) is 2.33. The van der Waals surface area contributed by atoms with Crippen LogP contribution in [0, 0.1) is 11.8 Å². The van der Waals surface area contributed by atoms with Crippen LogP contribution in [0.5, 0.6) is 11.6 Å².